The highest BCUT2D eigenvalue weighted by Gasteiger charge is 2.13. The SMILES string of the molecule is COc1ccccc1N(C)CC(C)C(N)=NO. The van der Waals surface area contributed by atoms with Crippen LogP contribution in [0.25, 0.3) is 0 Å². The Morgan fingerprint density at radius 2 is 2.18 bits per heavy atom. The molecule has 5 heteroatoms. The first-order chi connectivity index (χ1) is 8.10. The van der Waals surface area contributed by atoms with Crippen LogP contribution in [0, 0.1) is 5.92 Å². The number of hydrogen-bond acceptors (Lipinski definition) is 4. The molecule has 0 aliphatic rings. The minimum Gasteiger partial charge on any atom is -0.495 e. The van der Waals surface area contributed by atoms with E-state index in [-0.39, 0.29) is 11.8 Å². The number of hydrogen-bond donors (Lipinski definition) is 2. The Balaban J connectivity index is 2.79. The lowest BCUT2D eigenvalue weighted by atomic mass is 10.1. The lowest BCUT2D eigenvalue weighted by molar-refractivity contribution is 0.314. The molecule has 3 N–H and O–H groups in total. The Morgan fingerprint density at radius 3 is 2.76 bits per heavy atom. The molecular formula is C12H19N3O2. The molecule has 17 heavy (non-hydrogen) atoms. The highest BCUT2D eigenvalue weighted by Crippen LogP contribution is 2.26. The van der Waals surface area contributed by atoms with E-state index < -0.39 is 0 Å². The number of benzene rings is 1. The fourth-order valence-corrected chi connectivity index (χ4v) is 1.65. The number of ether oxygens (including phenoxy) is 1. The van der Waals surface area contributed by atoms with Gasteiger partial charge in [-0.3, -0.25) is 0 Å². The Morgan fingerprint density at radius 1 is 1.53 bits per heavy atom. The highest BCUT2D eigenvalue weighted by molar-refractivity contribution is 5.82. The van der Waals surface area contributed by atoms with E-state index in [0.29, 0.717) is 6.54 Å². The van der Waals surface area contributed by atoms with Gasteiger partial charge in [-0.25, -0.2) is 0 Å². The van der Waals surface area contributed by atoms with Gasteiger partial charge in [0, 0.05) is 19.5 Å². The topological polar surface area (TPSA) is 71.1 Å². The summed E-state index contributed by atoms with van der Waals surface area (Å²) < 4.78 is 5.28. The molecule has 0 heterocycles. The Bertz CT molecular complexity index is 393. The van der Waals surface area contributed by atoms with E-state index in [2.05, 4.69) is 5.16 Å². The zero-order valence-corrected chi connectivity index (χ0v) is 10.4. The first kappa shape index (κ1) is 13.2. The van der Waals surface area contributed by atoms with Crippen molar-refractivity contribution >= 4 is 11.5 Å². The third kappa shape index (κ3) is 3.27. The van der Waals surface area contributed by atoms with Crippen LogP contribution in [0.2, 0.25) is 0 Å². The number of anilines is 1. The van der Waals surface area contributed by atoms with Crippen LogP contribution in [0.15, 0.2) is 29.4 Å². The van der Waals surface area contributed by atoms with Crippen molar-refractivity contribution in [1.29, 1.82) is 0 Å². The molecule has 94 valence electrons. The Kier molecular flexibility index (Phi) is 4.63. The van der Waals surface area contributed by atoms with Crippen molar-refractivity contribution in [2.24, 2.45) is 16.8 Å². The molecule has 0 radical (unpaired) electrons. The van der Waals surface area contributed by atoms with Gasteiger partial charge in [0.25, 0.3) is 0 Å². The number of methoxy groups -OCH3 is 1. The molecule has 0 aliphatic heterocycles. The first-order valence-electron chi connectivity index (χ1n) is 5.41. The second-order valence-electron chi connectivity index (χ2n) is 3.98. The number of nitrogens with two attached hydrogens (primary N) is 1. The summed E-state index contributed by atoms with van der Waals surface area (Å²) >= 11 is 0. The molecule has 0 bridgehead atoms. The molecule has 0 saturated carbocycles. The fourth-order valence-electron chi connectivity index (χ4n) is 1.65. The van der Waals surface area contributed by atoms with Crippen LogP contribution >= 0.6 is 0 Å². The van der Waals surface area contributed by atoms with E-state index >= 15 is 0 Å². The number of nitrogens with zero attached hydrogens (tertiary/aromatic N) is 2. The van der Waals surface area contributed by atoms with E-state index in [4.69, 9.17) is 15.7 Å². The third-order valence-electron chi connectivity index (χ3n) is 2.66. The lowest BCUT2D eigenvalue weighted by Gasteiger charge is -2.24. The van der Waals surface area contributed by atoms with Gasteiger partial charge in [0.05, 0.1) is 12.8 Å². The smallest absolute Gasteiger partial charge is 0.143 e. The highest BCUT2D eigenvalue weighted by atomic mass is 16.5. The summed E-state index contributed by atoms with van der Waals surface area (Å²) in [7, 11) is 3.58. The van der Waals surface area contributed by atoms with Gasteiger partial charge in [-0.1, -0.05) is 24.2 Å². The summed E-state index contributed by atoms with van der Waals surface area (Å²) in [4.78, 5) is 2.02. The van der Waals surface area contributed by atoms with Crippen molar-refractivity contribution in [3.8, 4) is 5.75 Å². The third-order valence-corrected chi connectivity index (χ3v) is 2.66. The standard InChI is InChI=1S/C12H19N3O2/c1-9(12(13)14-16)8-15(2)10-6-4-5-7-11(10)17-3/h4-7,9,16H,8H2,1-3H3,(H2,13,14). The minimum absolute atomic E-state index is 0.0325. The molecular weight excluding hydrogens is 218 g/mol. The molecule has 0 aromatic heterocycles. The summed E-state index contributed by atoms with van der Waals surface area (Å²) in [5.41, 5.74) is 6.53. The number of amidine groups is 1. The molecule has 1 aromatic carbocycles. The quantitative estimate of drug-likeness (QED) is 0.352. The summed E-state index contributed by atoms with van der Waals surface area (Å²) in [5.74, 6) is 1.00. The van der Waals surface area contributed by atoms with Crippen LogP contribution in [0.5, 0.6) is 5.75 Å². The maximum Gasteiger partial charge on any atom is 0.143 e. The molecule has 1 rings (SSSR count). The maximum absolute atomic E-state index is 8.61. The van der Waals surface area contributed by atoms with Gasteiger partial charge in [-0.05, 0) is 12.1 Å². The van der Waals surface area contributed by atoms with Crippen molar-refractivity contribution in [2.45, 2.75) is 6.92 Å². The summed E-state index contributed by atoms with van der Waals surface area (Å²) in [6.07, 6.45) is 0. The van der Waals surface area contributed by atoms with Crippen LogP contribution < -0.4 is 15.4 Å². The van der Waals surface area contributed by atoms with Crippen molar-refractivity contribution in [1.82, 2.24) is 0 Å². The molecule has 0 aliphatic carbocycles. The van der Waals surface area contributed by atoms with E-state index in [1.54, 1.807) is 7.11 Å². The number of oxime groups is 1. The number of rotatable bonds is 5. The molecule has 1 aromatic rings. The molecule has 0 amide bonds. The molecule has 5 nitrogen and oxygen atoms in total. The van der Waals surface area contributed by atoms with Crippen molar-refractivity contribution in [3.63, 3.8) is 0 Å². The lowest BCUT2D eigenvalue weighted by Crippen LogP contribution is -2.32. The minimum atomic E-state index is -0.0325. The van der Waals surface area contributed by atoms with Crippen molar-refractivity contribution in [2.75, 3.05) is 25.6 Å². The second kappa shape index (κ2) is 5.98. The van der Waals surface area contributed by atoms with Gasteiger partial charge < -0.3 is 20.6 Å². The van der Waals surface area contributed by atoms with E-state index in [9.17, 15) is 0 Å². The molecule has 0 spiro atoms. The normalized spacial score (nSPS) is 13.2. The first-order valence-corrected chi connectivity index (χ1v) is 5.41. The van der Waals surface area contributed by atoms with Crippen LogP contribution in [0.1, 0.15) is 6.92 Å². The van der Waals surface area contributed by atoms with Crippen molar-refractivity contribution < 1.29 is 9.94 Å². The van der Waals surface area contributed by atoms with Crippen LogP contribution in [-0.4, -0.2) is 31.7 Å². The zero-order valence-electron chi connectivity index (χ0n) is 10.4. The van der Waals surface area contributed by atoms with E-state index in [1.165, 1.54) is 0 Å². The number of para-hydroxylation sites is 2. The summed E-state index contributed by atoms with van der Waals surface area (Å²) in [5, 5.41) is 11.6. The van der Waals surface area contributed by atoms with Gasteiger partial charge >= 0.3 is 0 Å². The Hall–Kier alpha value is -1.91. The summed E-state index contributed by atoms with van der Waals surface area (Å²) in [6.45, 7) is 2.55. The average Bonchev–Trinajstić information content (AvgIpc) is 2.37. The monoisotopic (exact) mass is 237 g/mol. The van der Waals surface area contributed by atoms with Gasteiger partial charge in [0.2, 0.25) is 0 Å². The van der Waals surface area contributed by atoms with Crippen molar-refractivity contribution in [3.05, 3.63) is 24.3 Å². The van der Waals surface area contributed by atoms with E-state index in [1.807, 2.05) is 43.1 Å². The maximum atomic E-state index is 8.61. The van der Waals surface area contributed by atoms with Crippen LogP contribution in [0.4, 0.5) is 5.69 Å². The summed E-state index contributed by atoms with van der Waals surface area (Å²) in [6, 6.07) is 7.74. The van der Waals surface area contributed by atoms with Crippen LogP contribution in [-0.2, 0) is 0 Å². The molecule has 1 unspecified atom stereocenters. The largest absolute Gasteiger partial charge is 0.495 e. The fraction of sp³-hybridized carbons (Fsp3) is 0.417. The zero-order chi connectivity index (χ0) is 12.8. The van der Waals surface area contributed by atoms with Crippen LogP contribution in [0.3, 0.4) is 0 Å². The predicted molar refractivity (Wildman–Crippen MR) is 68.8 cm³/mol. The van der Waals surface area contributed by atoms with Gasteiger partial charge in [0.1, 0.15) is 11.6 Å². The molecule has 0 saturated heterocycles. The van der Waals surface area contributed by atoms with Gasteiger partial charge in [-0.2, -0.15) is 0 Å². The van der Waals surface area contributed by atoms with E-state index in [0.717, 1.165) is 11.4 Å². The molecule has 1 atom stereocenters. The van der Waals surface area contributed by atoms with Gasteiger partial charge in [0.15, 0.2) is 0 Å². The van der Waals surface area contributed by atoms with Gasteiger partial charge in [-0.15, -0.1) is 0 Å². The second-order valence-corrected chi connectivity index (χ2v) is 3.98. The Labute approximate surface area is 101 Å². The predicted octanol–water partition coefficient (Wildman–Crippen LogP) is 1.51. The average molecular weight is 237 g/mol. The molecule has 0 fully saturated rings.